The summed E-state index contributed by atoms with van der Waals surface area (Å²) in [5.74, 6) is 1.95. The molecule has 94 valence electrons. The topological polar surface area (TPSA) is 37.8 Å². The molecule has 0 aliphatic heterocycles. The van der Waals surface area contributed by atoms with Gasteiger partial charge in [-0.1, -0.05) is 12.8 Å². The molecule has 0 radical (unpaired) electrons. The van der Waals surface area contributed by atoms with Crippen LogP contribution in [0.1, 0.15) is 42.9 Å². The van der Waals surface area contributed by atoms with Gasteiger partial charge >= 0.3 is 0 Å². The molecule has 1 N–H and O–H groups in total. The monoisotopic (exact) mass is 251 g/mol. The molecule has 0 spiro atoms. The van der Waals surface area contributed by atoms with E-state index in [1.165, 1.54) is 25.7 Å². The van der Waals surface area contributed by atoms with Crippen molar-refractivity contribution in [2.45, 2.75) is 50.2 Å². The maximum atomic E-state index is 4.59. The summed E-state index contributed by atoms with van der Waals surface area (Å²) >= 11 is 2.03. The highest BCUT2D eigenvalue weighted by atomic mass is 32.2. The quantitative estimate of drug-likeness (QED) is 0.873. The average molecular weight is 251 g/mol. The number of rotatable bonds is 5. The zero-order valence-electron chi connectivity index (χ0n) is 10.7. The second-order valence-corrected chi connectivity index (χ2v) is 5.95. The number of nitrogens with zero attached hydrogens (tertiary/aromatic N) is 2. The van der Waals surface area contributed by atoms with Gasteiger partial charge in [0.2, 0.25) is 0 Å². The Hall–Kier alpha value is -0.610. The highest BCUT2D eigenvalue weighted by molar-refractivity contribution is 7.99. The van der Waals surface area contributed by atoms with Gasteiger partial charge in [0, 0.05) is 17.5 Å². The number of nitrogens with one attached hydrogen (secondary N) is 1. The third-order valence-corrected chi connectivity index (χ3v) is 4.43. The van der Waals surface area contributed by atoms with E-state index in [0.29, 0.717) is 0 Å². The second-order valence-electron chi connectivity index (χ2n) is 4.66. The zero-order valence-corrected chi connectivity index (χ0v) is 11.5. The Morgan fingerprint density at radius 2 is 2.12 bits per heavy atom. The summed E-state index contributed by atoms with van der Waals surface area (Å²) in [6.45, 7) is 2.87. The van der Waals surface area contributed by atoms with Crippen molar-refractivity contribution in [1.82, 2.24) is 15.3 Å². The van der Waals surface area contributed by atoms with Crippen LogP contribution in [0.2, 0.25) is 0 Å². The first-order chi connectivity index (χ1) is 8.28. The Kier molecular flexibility index (Phi) is 4.80. The van der Waals surface area contributed by atoms with Gasteiger partial charge in [-0.25, -0.2) is 9.97 Å². The third kappa shape index (κ3) is 3.96. The molecule has 17 heavy (non-hydrogen) atoms. The number of hydrogen-bond acceptors (Lipinski definition) is 4. The van der Waals surface area contributed by atoms with Gasteiger partial charge in [-0.3, -0.25) is 0 Å². The van der Waals surface area contributed by atoms with Crippen LogP contribution in [-0.2, 0) is 12.3 Å². The van der Waals surface area contributed by atoms with Gasteiger partial charge in [0.15, 0.2) is 0 Å². The molecule has 4 heteroatoms. The largest absolute Gasteiger partial charge is 0.314 e. The van der Waals surface area contributed by atoms with Crippen LogP contribution in [0.5, 0.6) is 0 Å². The summed E-state index contributed by atoms with van der Waals surface area (Å²) in [6, 6.07) is 2.06. The predicted octanol–water partition coefficient (Wildman–Crippen LogP) is 2.68. The molecule has 1 fully saturated rings. The van der Waals surface area contributed by atoms with Crippen LogP contribution in [0.3, 0.4) is 0 Å². The Labute approximate surface area is 108 Å². The minimum absolute atomic E-state index is 0.824. The van der Waals surface area contributed by atoms with E-state index in [9.17, 15) is 0 Å². The fourth-order valence-corrected chi connectivity index (χ4v) is 3.46. The fraction of sp³-hybridized carbons (Fsp3) is 0.692. The van der Waals surface area contributed by atoms with Gasteiger partial charge in [-0.15, -0.1) is 0 Å². The third-order valence-electron chi connectivity index (χ3n) is 3.06. The first-order valence-corrected chi connectivity index (χ1v) is 7.42. The predicted molar refractivity (Wildman–Crippen MR) is 73.1 cm³/mol. The van der Waals surface area contributed by atoms with Crippen molar-refractivity contribution >= 4 is 11.8 Å². The van der Waals surface area contributed by atoms with Crippen molar-refractivity contribution in [3.05, 3.63) is 23.3 Å². The lowest BCUT2D eigenvalue weighted by Crippen LogP contribution is -2.10. The molecule has 0 aromatic carbocycles. The van der Waals surface area contributed by atoms with Crippen LogP contribution in [0.25, 0.3) is 0 Å². The Morgan fingerprint density at radius 1 is 1.35 bits per heavy atom. The van der Waals surface area contributed by atoms with E-state index in [-0.39, 0.29) is 0 Å². The smallest absolute Gasteiger partial charge is 0.138 e. The van der Waals surface area contributed by atoms with E-state index in [4.69, 9.17) is 0 Å². The van der Waals surface area contributed by atoms with Crippen molar-refractivity contribution < 1.29 is 0 Å². The first-order valence-electron chi connectivity index (χ1n) is 6.37. The normalized spacial score (nSPS) is 16.6. The molecular formula is C13H21N3S. The molecule has 1 aliphatic rings. The highest BCUT2D eigenvalue weighted by Gasteiger charge is 2.15. The summed E-state index contributed by atoms with van der Waals surface area (Å²) in [6.07, 6.45) is 5.55. The SMILES string of the molecule is CNCc1cc(C)nc(CSC2CCCC2)n1. The van der Waals surface area contributed by atoms with E-state index in [1.54, 1.807) is 0 Å². The number of aryl methyl sites for hydroxylation is 1. The fourth-order valence-electron chi connectivity index (χ4n) is 2.28. The first kappa shape index (κ1) is 12.8. The summed E-state index contributed by atoms with van der Waals surface area (Å²) in [7, 11) is 1.95. The summed E-state index contributed by atoms with van der Waals surface area (Å²) < 4.78 is 0. The van der Waals surface area contributed by atoms with Crippen LogP contribution >= 0.6 is 11.8 Å². The van der Waals surface area contributed by atoms with E-state index in [0.717, 1.165) is 34.8 Å². The lowest BCUT2D eigenvalue weighted by atomic mass is 10.3. The minimum Gasteiger partial charge on any atom is -0.314 e. The van der Waals surface area contributed by atoms with Crippen LogP contribution in [-0.4, -0.2) is 22.3 Å². The summed E-state index contributed by atoms with van der Waals surface area (Å²) in [5.41, 5.74) is 2.18. The number of aromatic nitrogens is 2. The van der Waals surface area contributed by atoms with E-state index >= 15 is 0 Å². The van der Waals surface area contributed by atoms with Crippen LogP contribution in [0, 0.1) is 6.92 Å². The molecule has 0 bridgehead atoms. The lowest BCUT2D eigenvalue weighted by Gasteiger charge is -2.09. The molecule has 1 heterocycles. The van der Waals surface area contributed by atoms with E-state index in [1.807, 2.05) is 25.7 Å². The maximum Gasteiger partial charge on any atom is 0.138 e. The lowest BCUT2D eigenvalue weighted by molar-refractivity contribution is 0.772. The zero-order chi connectivity index (χ0) is 12.1. The van der Waals surface area contributed by atoms with Crippen LogP contribution < -0.4 is 5.32 Å². The van der Waals surface area contributed by atoms with Crippen LogP contribution in [0.15, 0.2) is 6.07 Å². The van der Waals surface area contributed by atoms with Gasteiger partial charge in [-0.2, -0.15) is 11.8 Å². The number of thioether (sulfide) groups is 1. The molecule has 1 aromatic heterocycles. The Bertz CT molecular complexity index is 362. The van der Waals surface area contributed by atoms with Gasteiger partial charge in [0.25, 0.3) is 0 Å². The molecule has 0 saturated heterocycles. The van der Waals surface area contributed by atoms with Gasteiger partial charge in [0.1, 0.15) is 5.82 Å². The van der Waals surface area contributed by atoms with Gasteiger partial charge < -0.3 is 5.32 Å². The van der Waals surface area contributed by atoms with Crippen molar-refractivity contribution in [3.63, 3.8) is 0 Å². The van der Waals surface area contributed by atoms with Crippen molar-refractivity contribution in [2.24, 2.45) is 0 Å². The van der Waals surface area contributed by atoms with E-state index < -0.39 is 0 Å². The average Bonchev–Trinajstić information content (AvgIpc) is 2.79. The molecular weight excluding hydrogens is 230 g/mol. The Balaban J connectivity index is 1.94. The van der Waals surface area contributed by atoms with Gasteiger partial charge in [0.05, 0.1) is 11.4 Å². The van der Waals surface area contributed by atoms with Crippen molar-refractivity contribution in [1.29, 1.82) is 0 Å². The molecule has 3 nitrogen and oxygen atoms in total. The Morgan fingerprint density at radius 3 is 2.82 bits per heavy atom. The second kappa shape index (κ2) is 6.36. The summed E-state index contributed by atoms with van der Waals surface area (Å²) in [5, 5.41) is 3.98. The minimum atomic E-state index is 0.824. The molecule has 0 unspecified atom stereocenters. The molecule has 0 amide bonds. The molecule has 1 aromatic rings. The standard InChI is InChI=1S/C13H21N3S/c1-10-7-11(8-14-2)16-13(15-10)9-17-12-5-3-4-6-12/h7,12,14H,3-6,8-9H2,1-2H3. The van der Waals surface area contributed by atoms with Crippen molar-refractivity contribution in [3.8, 4) is 0 Å². The molecule has 1 saturated carbocycles. The number of hydrogen-bond donors (Lipinski definition) is 1. The van der Waals surface area contributed by atoms with Crippen LogP contribution in [0.4, 0.5) is 0 Å². The molecule has 2 rings (SSSR count). The van der Waals surface area contributed by atoms with E-state index in [2.05, 4.69) is 21.4 Å². The molecule has 0 atom stereocenters. The maximum absolute atomic E-state index is 4.59. The molecule has 1 aliphatic carbocycles. The van der Waals surface area contributed by atoms with Gasteiger partial charge in [-0.05, 0) is 32.9 Å². The van der Waals surface area contributed by atoms with Crippen molar-refractivity contribution in [2.75, 3.05) is 7.05 Å². The highest BCUT2D eigenvalue weighted by Crippen LogP contribution is 2.30. The summed E-state index contributed by atoms with van der Waals surface area (Å²) in [4.78, 5) is 9.11.